The highest BCUT2D eigenvalue weighted by Crippen LogP contribution is 2.41. The Labute approximate surface area is 195 Å². The zero-order valence-electron chi connectivity index (χ0n) is 18.1. The van der Waals surface area contributed by atoms with Crippen molar-refractivity contribution in [1.29, 1.82) is 0 Å². The van der Waals surface area contributed by atoms with Crippen LogP contribution in [-0.4, -0.2) is 52.3 Å². The van der Waals surface area contributed by atoms with Gasteiger partial charge in [0.25, 0.3) is 5.91 Å². The summed E-state index contributed by atoms with van der Waals surface area (Å²) in [7, 11) is 0. The molecule has 0 saturated carbocycles. The van der Waals surface area contributed by atoms with Crippen LogP contribution < -0.4 is 5.32 Å². The van der Waals surface area contributed by atoms with Gasteiger partial charge >= 0.3 is 6.03 Å². The highest BCUT2D eigenvalue weighted by molar-refractivity contribution is 7.18. The predicted molar refractivity (Wildman–Crippen MR) is 125 cm³/mol. The fourth-order valence-electron chi connectivity index (χ4n) is 5.41. The van der Waals surface area contributed by atoms with E-state index in [1.54, 1.807) is 16.2 Å². The minimum Gasteiger partial charge on any atom is -0.341 e. The van der Waals surface area contributed by atoms with Crippen molar-refractivity contribution in [3.05, 3.63) is 64.7 Å². The van der Waals surface area contributed by atoms with Gasteiger partial charge in [0.15, 0.2) is 0 Å². The normalized spacial score (nSPS) is 22.9. The zero-order chi connectivity index (χ0) is 22.6. The molecule has 2 aliphatic heterocycles. The number of imide groups is 1. The third kappa shape index (κ3) is 3.23. The Balaban J connectivity index is 1.12. The summed E-state index contributed by atoms with van der Waals surface area (Å²) in [5.74, 6) is -0.152. The van der Waals surface area contributed by atoms with Crippen molar-refractivity contribution in [3.63, 3.8) is 0 Å². The molecule has 3 aromatic rings. The molecule has 33 heavy (non-hydrogen) atoms. The molecule has 2 fully saturated rings. The lowest BCUT2D eigenvalue weighted by Gasteiger charge is -2.32. The molecule has 1 N–H and O–H groups in total. The fraction of sp³-hybridized carbons (Fsp3) is 0.360. The lowest BCUT2D eigenvalue weighted by atomic mass is 9.92. The van der Waals surface area contributed by atoms with Gasteiger partial charge in [0.1, 0.15) is 12.1 Å². The standard InChI is InChI=1S/C25H24N4O3S/c30-21(28-13-10-17(11-14-28)22-26-19-7-3-4-8-20(19)33-22)15-29-23(31)25(27-24(29)32)12-9-16-5-1-2-6-18(16)25/h1-8,17H,9-15H2,(H,27,32)/t25-/m0/s1. The van der Waals surface area contributed by atoms with E-state index in [4.69, 9.17) is 4.98 Å². The predicted octanol–water partition coefficient (Wildman–Crippen LogP) is 3.40. The van der Waals surface area contributed by atoms with Crippen molar-refractivity contribution in [2.24, 2.45) is 0 Å². The van der Waals surface area contributed by atoms with E-state index in [0.717, 1.165) is 45.8 Å². The van der Waals surface area contributed by atoms with Crippen LogP contribution >= 0.6 is 11.3 Å². The van der Waals surface area contributed by atoms with Crippen LogP contribution in [0, 0.1) is 0 Å². The Morgan fingerprint density at radius 3 is 2.67 bits per heavy atom. The van der Waals surface area contributed by atoms with Crippen molar-refractivity contribution in [3.8, 4) is 0 Å². The van der Waals surface area contributed by atoms with Crippen LogP contribution in [0.25, 0.3) is 10.2 Å². The SMILES string of the molecule is O=C(CN1C(=O)N[C@]2(CCc3ccccc32)C1=O)N1CCC(c2nc3ccccc3s2)CC1. The second-order valence-corrected chi connectivity index (χ2v) is 10.1. The number of hydrogen-bond donors (Lipinski definition) is 1. The van der Waals surface area contributed by atoms with Crippen molar-refractivity contribution in [2.45, 2.75) is 37.1 Å². The minimum atomic E-state index is -1.02. The summed E-state index contributed by atoms with van der Waals surface area (Å²) in [6.45, 7) is 1.01. The van der Waals surface area contributed by atoms with Crippen LogP contribution in [0.5, 0.6) is 0 Å². The van der Waals surface area contributed by atoms with E-state index < -0.39 is 11.6 Å². The number of nitrogens with zero attached hydrogens (tertiary/aromatic N) is 3. The first kappa shape index (κ1) is 20.4. The van der Waals surface area contributed by atoms with Crippen molar-refractivity contribution < 1.29 is 14.4 Å². The van der Waals surface area contributed by atoms with Gasteiger partial charge in [-0.3, -0.25) is 14.5 Å². The topological polar surface area (TPSA) is 82.6 Å². The quantitative estimate of drug-likeness (QED) is 0.608. The van der Waals surface area contributed by atoms with Crippen LogP contribution in [0.4, 0.5) is 4.79 Å². The fourth-order valence-corrected chi connectivity index (χ4v) is 6.55. The molecule has 168 valence electrons. The molecule has 1 spiro atoms. The molecular weight excluding hydrogens is 436 g/mol. The number of amides is 4. The Bertz CT molecular complexity index is 1250. The summed E-state index contributed by atoms with van der Waals surface area (Å²) >= 11 is 1.72. The average molecular weight is 461 g/mol. The monoisotopic (exact) mass is 460 g/mol. The highest BCUT2D eigenvalue weighted by Gasteiger charge is 2.55. The number of fused-ring (bicyclic) bond motifs is 3. The molecule has 2 saturated heterocycles. The molecule has 1 aromatic heterocycles. The smallest absolute Gasteiger partial charge is 0.325 e. The number of hydrogen-bond acceptors (Lipinski definition) is 5. The molecule has 0 bridgehead atoms. The molecule has 0 radical (unpaired) electrons. The van der Waals surface area contributed by atoms with E-state index in [1.807, 2.05) is 42.5 Å². The van der Waals surface area contributed by atoms with Gasteiger partial charge in [0.2, 0.25) is 5.91 Å². The number of thiazole rings is 1. The summed E-state index contributed by atoms with van der Waals surface area (Å²) in [6.07, 6.45) is 2.95. The average Bonchev–Trinajstić information content (AvgIpc) is 3.50. The Kier molecular flexibility index (Phi) is 4.72. The number of carbonyl (C=O) groups is 3. The van der Waals surface area contributed by atoms with Crippen LogP contribution in [-0.2, 0) is 21.5 Å². The minimum absolute atomic E-state index is 0.176. The maximum Gasteiger partial charge on any atom is 0.325 e. The second kappa shape index (κ2) is 7.66. The van der Waals surface area contributed by atoms with Gasteiger partial charge in [-0.05, 0) is 48.9 Å². The number of rotatable bonds is 3. The molecule has 3 aliphatic rings. The second-order valence-electron chi connectivity index (χ2n) is 9.06. The maximum absolute atomic E-state index is 13.3. The number of benzene rings is 2. The highest BCUT2D eigenvalue weighted by atomic mass is 32.1. The van der Waals surface area contributed by atoms with Crippen LogP contribution in [0.2, 0.25) is 0 Å². The molecule has 1 aliphatic carbocycles. The van der Waals surface area contributed by atoms with Crippen LogP contribution in [0.1, 0.15) is 41.3 Å². The summed E-state index contributed by atoms with van der Waals surface area (Å²) < 4.78 is 1.19. The van der Waals surface area contributed by atoms with E-state index in [1.165, 1.54) is 4.70 Å². The van der Waals surface area contributed by atoms with Gasteiger partial charge in [-0.25, -0.2) is 9.78 Å². The van der Waals surface area contributed by atoms with E-state index in [0.29, 0.717) is 25.4 Å². The molecule has 8 heteroatoms. The van der Waals surface area contributed by atoms with Gasteiger partial charge in [-0.1, -0.05) is 36.4 Å². The summed E-state index contributed by atoms with van der Waals surface area (Å²) in [4.78, 5) is 46.7. The van der Waals surface area contributed by atoms with E-state index >= 15 is 0 Å². The van der Waals surface area contributed by atoms with Gasteiger partial charge in [0, 0.05) is 19.0 Å². The van der Waals surface area contributed by atoms with Gasteiger partial charge in [-0.2, -0.15) is 0 Å². The Hall–Kier alpha value is -3.26. The number of nitrogens with one attached hydrogen (secondary N) is 1. The number of aryl methyl sites for hydroxylation is 1. The number of para-hydroxylation sites is 1. The summed E-state index contributed by atoms with van der Waals surface area (Å²) in [6, 6.07) is 15.4. The van der Waals surface area contributed by atoms with Crippen molar-refractivity contribution in [1.82, 2.24) is 20.1 Å². The van der Waals surface area contributed by atoms with E-state index in [9.17, 15) is 14.4 Å². The van der Waals surface area contributed by atoms with Gasteiger partial charge in [0.05, 0.1) is 15.2 Å². The maximum atomic E-state index is 13.3. The molecule has 2 aromatic carbocycles. The Morgan fingerprint density at radius 2 is 1.85 bits per heavy atom. The van der Waals surface area contributed by atoms with Crippen molar-refractivity contribution >= 4 is 39.4 Å². The van der Waals surface area contributed by atoms with E-state index in [2.05, 4.69) is 11.4 Å². The molecule has 3 heterocycles. The zero-order valence-corrected chi connectivity index (χ0v) is 18.9. The number of likely N-dealkylation sites (tertiary alicyclic amines) is 1. The van der Waals surface area contributed by atoms with E-state index in [-0.39, 0.29) is 18.4 Å². The van der Waals surface area contributed by atoms with Crippen molar-refractivity contribution in [2.75, 3.05) is 19.6 Å². The van der Waals surface area contributed by atoms with Crippen LogP contribution in [0.3, 0.4) is 0 Å². The number of aromatic nitrogens is 1. The molecule has 1 atom stereocenters. The lowest BCUT2D eigenvalue weighted by Crippen LogP contribution is -2.46. The lowest BCUT2D eigenvalue weighted by molar-refractivity contribution is -0.139. The van der Waals surface area contributed by atoms with Crippen LogP contribution in [0.15, 0.2) is 48.5 Å². The number of piperidine rings is 1. The first-order chi connectivity index (χ1) is 16.0. The first-order valence-electron chi connectivity index (χ1n) is 11.4. The largest absolute Gasteiger partial charge is 0.341 e. The molecule has 0 unspecified atom stereocenters. The third-order valence-corrected chi connectivity index (χ3v) is 8.42. The summed E-state index contributed by atoms with van der Waals surface area (Å²) in [5, 5.41) is 4.02. The van der Waals surface area contributed by atoms with Gasteiger partial charge < -0.3 is 10.2 Å². The summed E-state index contributed by atoms with van der Waals surface area (Å²) in [5.41, 5.74) is 1.94. The third-order valence-electron chi connectivity index (χ3n) is 7.22. The molecule has 4 amide bonds. The van der Waals surface area contributed by atoms with Gasteiger partial charge in [-0.15, -0.1) is 11.3 Å². The molecule has 7 nitrogen and oxygen atoms in total. The molecule has 6 rings (SSSR count). The number of urea groups is 1. The first-order valence-corrected chi connectivity index (χ1v) is 12.2. The molecular formula is C25H24N4O3S. The Morgan fingerprint density at radius 1 is 1.09 bits per heavy atom. The number of carbonyl (C=O) groups excluding carboxylic acids is 3.